The molecule has 2 N–H and O–H groups in total. The molecule has 2 rings (SSSR count). The Hall–Kier alpha value is -1.95. The van der Waals surface area contributed by atoms with E-state index in [1.807, 2.05) is 32.3 Å². The van der Waals surface area contributed by atoms with Crippen molar-refractivity contribution in [1.82, 2.24) is 14.3 Å². The predicted octanol–water partition coefficient (Wildman–Crippen LogP) is 0.573. The Bertz CT molecular complexity index is 656. The van der Waals surface area contributed by atoms with Crippen LogP contribution in [0.25, 0.3) is 0 Å². The summed E-state index contributed by atoms with van der Waals surface area (Å²) in [5, 5.41) is 4.26. The summed E-state index contributed by atoms with van der Waals surface area (Å²) < 4.78 is 3.32. The van der Waals surface area contributed by atoms with Gasteiger partial charge in [0.2, 0.25) is 0 Å². The van der Waals surface area contributed by atoms with Gasteiger partial charge in [0.1, 0.15) is 4.99 Å². The number of thiocarbonyl (C=S) groups is 1. The molecule has 0 amide bonds. The number of hydrogen-bond acceptors (Lipinski definition) is 3. The molecule has 0 aliphatic carbocycles. The number of aryl methyl sites for hydroxylation is 2. The highest BCUT2D eigenvalue weighted by molar-refractivity contribution is 7.80. The molecule has 0 aliphatic rings. The van der Waals surface area contributed by atoms with Gasteiger partial charge in [-0.1, -0.05) is 12.2 Å². The standard InChI is InChI=1S/C12H14N4OS/c1-8-3-4-10(11(13)18)12(17)16(8)7-9-5-6-15(2)14-9/h3-6H,7H2,1-2H3,(H2,13,18). The fourth-order valence-electron chi connectivity index (χ4n) is 1.76. The van der Waals surface area contributed by atoms with Crippen molar-refractivity contribution >= 4 is 17.2 Å². The van der Waals surface area contributed by atoms with Crippen LogP contribution in [0.3, 0.4) is 0 Å². The summed E-state index contributed by atoms with van der Waals surface area (Å²) in [4.78, 5) is 12.3. The van der Waals surface area contributed by atoms with Crippen LogP contribution in [-0.2, 0) is 13.6 Å². The first kappa shape index (κ1) is 12.5. The van der Waals surface area contributed by atoms with Gasteiger partial charge in [0.25, 0.3) is 5.56 Å². The van der Waals surface area contributed by atoms with E-state index in [9.17, 15) is 4.79 Å². The van der Waals surface area contributed by atoms with Crippen molar-refractivity contribution in [2.24, 2.45) is 12.8 Å². The molecule has 6 heteroatoms. The quantitative estimate of drug-likeness (QED) is 0.821. The molecule has 0 saturated carbocycles. The van der Waals surface area contributed by atoms with E-state index in [0.29, 0.717) is 12.1 Å². The molecule has 0 saturated heterocycles. The molecule has 94 valence electrons. The maximum absolute atomic E-state index is 12.2. The van der Waals surface area contributed by atoms with Gasteiger partial charge in [-0.05, 0) is 25.1 Å². The van der Waals surface area contributed by atoms with Crippen molar-refractivity contribution in [3.8, 4) is 0 Å². The lowest BCUT2D eigenvalue weighted by Crippen LogP contribution is -2.30. The van der Waals surface area contributed by atoms with Crippen molar-refractivity contribution in [2.75, 3.05) is 0 Å². The van der Waals surface area contributed by atoms with E-state index < -0.39 is 0 Å². The normalized spacial score (nSPS) is 10.6. The zero-order valence-electron chi connectivity index (χ0n) is 10.3. The fourth-order valence-corrected chi connectivity index (χ4v) is 1.92. The molecule has 0 bridgehead atoms. The number of pyridine rings is 1. The minimum absolute atomic E-state index is 0.120. The second kappa shape index (κ2) is 4.73. The molecule has 0 fully saturated rings. The van der Waals surface area contributed by atoms with Gasteiger partial charge in [-0.3, -0.25) is 9.48 Å². The van der Waals surface area contributed by atoms with Gasteiger partial charge < -0.3 is 10.3 Å². The highest BCUT2D eigenvalue weighted by Crippen LogP contribution is 2.03. The van der Waals surface area contributed by atoms with Crippen LogP contribution < -0.4 is 11.3 Å². The van der Waals surface area contributed by atoms with Gasteiger partial charge in [-0.15, -0.1) is 0 Å². The van der Waals surface area contributed by atoms with Crippen molar-refractivity contribution < 1.29 is 0 Å². The molecular weight excluding hydrogens is 248 g/mol. The van der Waals surface area contributed by atoms with Gasteiger partial charge in [0.15, 0.2) is 0 Å². The van der Waals surface area contributed by atoms with Crippen LogP contribution in [-0.4, -0.2) is 19.3 Å². The third-order valence-corrected chi connectivity index (χ3v) is 2.97. The van der Waals surface area contributed by atoms with Gasteiger partial charge in [0.05, 0.1) is 17.8 Å². The average Bonchev–Trinajstić information content (AvgIpc) is 2.69. The lowest BCUT2D eigenvalue weighted by Gasteiger charge is -2.10. The topological polar surface area (TPSA) is 65.8 Å². The molecule has 0 atom stereocenters. The third kappa shape index (κ3) is 2.33. The van der Waals surface area contributed by atoms with Gasteiger partial charge >= 0.3 is 0 Å². The molecule has 2 aromatic heterocycles. The van der Waals surface area contributed by atoms with E-state index in [2.05, 4.69) is 5.10 Å². The molecule has 0 unspecified atom stereocenters. The molecule has 2 heterocycles. The first-order valence-corrected chi connectivity index (χ1v) is 5.88. The lowest BCUT2D eigenvalue weighted by atomic mass is 10.2. The van der Waals surface area contributed by atoms with Gasteiger partial charge in [-0.2, -0.15) is 5.10 Å². The van der Waals surface area contributed by atoms with Crippen LogP contribution in [0.2, 0.25) is 0 Å². The van der Waals surface area contributed by atoms with E-state index in [1.165, 1.54) is 0 Å². The van der Waals surface area contributed by atoms with E-state index in [4.69, 9.17) is 18.0 Å². The number of rotatable bonds is 3. The smallest absolute Gasteiger partial charge is 0.261 e. The van der Waals surface area contributed by atoms with Crippen molar-refractivity contribution in [2.45, 2.75) is 13.5 Å². The minimum Gasteiger partial charge on any atom is -0.389 e. The van der Waals surface area contributed by atoms with Crippen LogP contribution in [0.4, 0.5) is 0 Å². The first-order valence-electron chi connectivity index (χ1n) is 5.48. The Kier molecular flexibility index (Phi) is 3.29. The van der Waals surface area contributed by atoms with Crippen LogP contribution >= 0.6 is 12.2 Å². The maximum Gasteiger partial charge on any atom is 0.261 e. The molecule has 18 heavy (non-hydrogen) atoms. The molecule has 0 aromatic carbocycles. The molecule has 0 aliphatic heterocycles. The highest BCUT2D eigenvalue weighted by atomic mass is 32.1. The maximum atomic E-state index is 12.2. The summed E-state index contributed by atoms with van der Waals surface area (Å²) in [7, 11) is 1.84. The summed E-state index contributed by atoms with van der Waals surface area (Å²) in [5.41, 5.74) is 7.40. The Morgan fingerprint density at radius 1 is 1.44 bits per heavy atom. The molecular formula is C12H14N4OS. The van der Waals surface area contributed by atoms with E-state index >= 15 is 0 Å². The summed E-state index contributed by atoms with van der Waals surface area (Å²) in [6.07, 6.45) is 1.84. The Morgan fingerprint density at radius 2 is 2.17 bits per heavy atom. The molecule has 0 spiro atoms. The SMILES string of the molecule is Cc1ccc(C(N)=S)c(=O)n1Cc1ccn(C)n1. The Balaban J connectivity index is 2.47. The zero-order chi connectivity index (χ0) is 13.3. The third-order valence-electron chi connectivity index (χ3n) is 2.75. The molecule has 2 aromatic rings. The van der Waals surface area contributed by atoms with Crippen LogP contribution in [0, 0.1) is 6.92 Å². The van der Waals surface area contributed by atoms with Crippen molar-refractivity contribution in [1.29, 1.82) is 0 Å². The van der Waals surface area contributed by atoms with Crippen molar-refractivity contribution in [3.05, 3.63) is 51.7 Å². The number of nitrogens with two attached hydrogens (primary N) is 1. The van der Waals surface area contributed by atoms with Crippen LogP contribution in [0.5, 0.6) is 0 Å². The second-order valence-electron chi connectivity index (χ2n) is 4.12. The summed E-state index contributed by atoms with van der Waals surface area (Å²) in [6.45, 7) is 2.29. The number of nitrogens with zero attached hydrogens (tertiary/aromatic N) is 3. The van der Waals surface area contributed by atoms with Crippen LogP contribution in [0.15, 0.2) is 29.2 Å². The second-order valence-corrected chi connectivity index (χ2v) is 4.56. The molecule has 0 radical (unpaired) electrons. The lowest BCUT2D eigenvalue weighted by molar-refractivity contribution is 0.677. The largest absolute Gasteiger partial charge is 0.389 e. The van der Waals surface area contributed by atoms with E-state index in [1.54, 1.807) is 15.3 Å². The fraction of sp³-hybridized carbons (Fsp3) is 0.250. The van der Waals surface area contributed by atoms with Gasteiger partial charge in [-0.25, -0.2) is 0 Å². The van der Waals surface area contributed by atoms with Gasteiger partial charge in [0, 0.05) is 18.9 Å². The average molecular weight is 262 g/mol. The molecule has 5 nitrogen and oxygen atoms in total. The number of hydrogen-bond donors (Lipinski definition) is 1. The zero-order valence-corrected chi connectivity index (χ0v) is 11.1. The minimum atomic E-state index is -0.173. The summed E-state index contributed by atoms with van der Waals surface area (Å²) in [6, 6.07) is 5.37. The van der Waals surface area contributed by atoms with E-state index in [-0.39, 0.29) is 10.5 Å². The predicted molar refractivity (Wildman–Crippen MR) is 73.6 cm³/mol. The summed E-state index contributed by atoms with van der Waals surface area (Å²) in [5.74, 6) is 0. The summed E-state index contributed by atoms with van der Waals surface area (Å²) >= 11 is 4.87. The number of aromatic nitrogens is 3. The Morgan fingerprint density at radius 3 is 2.72 bits per heavy atom. The van der Waals surface area contributed by atoms with E-state index in [0.717, 1.165) is 11.4 Å². The highest BCUT2D eigenvalue weighted by Gasteiger charge is 2.09. The monoisotopic (exact) mass is 262 g/mol. The first-order chi connectivity index (χ1) is 8.49. The van der Waals surface area contributed by atoms with Crippen molar-refractivity contribution in [3.63, 3.8) is 0 Å². The van der Waals surface area contributed by atoms with Crippen LogP contribution in [0.1, 0.15) is 17.0 Å². The Labute approximate surface area is 110 Å².